The maximum Gasteiger partial charge on any atom is 0.230 e. The monoisotopic (exact) mass is 266 g/mol. The smallest absolute Gasteiger partial charge is 0.230 e. The molecule has 6 heteroatoms. The molecule has 1 heterocycles. The van der Waals surface area contributed by atoms with Gasteiger partial charge in [0.15, 0.2) is 11.6 Å². The summed E-state index contributed by atoms with van der Waals surface area (Å²) in [5.74, 6) is -0.119. The maximum atomic E-state index is 13.7. The second-order valence-electron chi connectivity index (χ2n) is 3.96. The number of anilines is 1. The van der Waals surface area contributed by atoms with Gasteiger partial charge in [-0.2, -0.15) is 0 Å². The van der Waals surface area contributed by atoms with Crippen LogP contribution < -0.4 is 10.5 Å². The van der Waals surface area contributed by atoms with Crippen molar-refractivity contribution in [3.8, 4) is 16.9 Å². The van der Waals surface area contributed by atoms with Gasteiger partial charge in [0.1, 0.15) is 0 Å². The topological polar surface area (TPSA) is 70.5 Å². The first-order valence-electron chi connectivity index (χ1n) is 5.74. The molecule has 1 aromatic heterocycles. The number of ether oxygens (including phenoxy) is 2. The molecule has 2 aromatic rings. The lowest BCUT2D eigenvalue weighted by Crippen LogP contribution is -1.98. The van der Waals surface area contributed by atoms with Gasteiger partial charge in [-0.15, -0.1) is 0 Å². The van der Waals surface area contributed by atoms with Crippen LogP contribution in [0.2, 0.25) is 0 Å². The van der Waals surface area contributed by atoms with E-state index in [4.69, 9.17) is 19.7 Å². The average Bonchev–Trinajstić information content (AvgIpc) is 2.77. The van der Waals surface area contributed by atoms with E-state index >= 15 is 0 Å². The molecule has 5 nitrogen and oxygen atoms in total. The Hall–Kier alpha value is -2.08. The Bertz CT molecular complexity index is 569. The summed E-state index contributed by atoms with van der Waals surface area (Å²) in [6.45, 7) is 0.484. The molecule has 0 spiro atoms. The molecule has 0 saturated carbocycles. The lowest BCUT2D eigenvalue weighted by molar-refractivity contribution is 0.200. The molecule has 19 heavy (non-hydrogen) atoms. The van der Waals surface area contributed by atoms with Crippen molar-refractivity contribution >= 4 is 5.88 Å². The van der Waals surface area contributed by atoms with Gasteiger partial charge in [0, 0.05) is 13.5 Å². The highest BCUT2D eigenvalue weighted by Crippen LogP contribution is 2.32. The molecule has 0 aliphatic carbocycles. The number of methoxy groups -OCH3 is 2. The Morgan fingerprint density at radius 3 is 2.79 bits per heavy atom. The van der Waals surface area contributed by atoms with Gasteiger partial charge in [0.05, 0.1) is 25.0 Å². The van der Waals surface area contributed by atoms with E-state index in [1.165, 1.54) is 19.2 Å². The summed E-state index contributed by atoms with van der Waals surface area (Å²) in [7, 11) is 3.01. The van der Waals surface area contributed by atoms with Crippen molar-refractivity contribution in [2.75, 3.05) is 26.6 Å². The van der Waals surface area contributed by atoms with Gasteiger partial charge in [0.25, 0.3) is 0 Å². The standard InChI is InChI=1S/C13H15FN2O3/c1-17-6-5-10-12(13(15)19-16-10)8-3-4-11(18-2)9(14)7-8/h3-4,7H,5-6,15H2,1-2H3. The normalized spacial score (nSPS) is 10.7. The minimum Gasteiger partial charge on any atom is -0.494 e. The van der Waals surface area contributed by atoms with Gasteiger partial charge >= 0.3 is 0 Å². The third kappa shape index (κ3) is 2.68. The minimum absolute atomic E-state index is 0.163. The third-order valence-corrected chi connectivity index (χ3v) is 2.77. The molecule has 102 valence electrons. The molecule has 0 unspecified atom stereocenters. The van der Waals surface area contributed by atoms with Crippen LogP contribution in [0.15, 0.2) is 22.7 Å². The molecule has 0 atom stereocenters. The number of halogens is 1. The van der Waals surface area contributed by atoms with Gasteiger partial charge in [-0.05, 0) is 17.7 Å². The fraction of sp³-hybridized carbons (Fsp3) is 0.308. The summed E-state index contributed by atoms with van der Waals surface area (Å²) in [4.78, 5) is 0. The predicted octanol–water partition coefficient (Wildman–Crippen LogP) is 2.26. The fourth-order valence-electron chi connectivity index (χ4n) is 1.84. The van der Waals surface area contributed by atoms with E-state index in [1.807, 2.05) is 0 Å². The van der Waals surface area contributed by atoms with Gasteiger partial charge < -0.3 is 19.7 Å². The molecule has 0 aliphatic rings. The van der Waals surface area contributed by atoms with Crippen molar-refractivity contribution in [1.82, 2.24) is 5.16 Å². The largest absolute Gasteiger partial charge is 0.494 e. The number of hydrogen-bond acceptors (Lipinski definition) is 5. The highest BCUT2D eigenvalue weighted by atomic mass is 19.1. The zero-order chi connectivity index (χ0) is 13.8. The van der Waals surface area contributed by atoms with E-state index < -0.39 is 5.82 Å². The van der Waals surface area contributed by atoms with Crippen LogP contribution in [0, 0.1) is 5.82 Å². The van der Waals surface area contributed by atoms with E-state index in [1.54, 1.807) is 13.2 Å². The lowest BCUT2D eigenvalue weighted by atomic mass is 10.0. The van der Waals surface area contributed by atoms with E-state index in [0.29, 0.717) is 29.8 Å². The number of hydrogen-bond donors (Lipinski definition) is 1. The SMILES string of the molecule is COCCc1noc(N)c1-c1ccc(OC)c(F)c1. The number of rotatable bonds is 5. The van der Waals surface area contributed by atoms with Gasteiger partial charge in [0.2, 0.25) is 5.88 Å². The summed E-state index contributed by atoms with van der Waals surface area (Å²) in [5, 5.41) is 3.87. The first-order chi connectivity index (χ1) is 9.17. The van der Waals surface area contributed by atoms with Crippen LogP contribution in [-0.2, 0) is 11.2 Å². The summed E-state index contributed by atoms with van der Waals surface area (Å²) < 4.78 is 28.5. The van der Waals surface area contributed by atoms with Gasteiger partial charge in [-0.3, -0.25) is 0 Å². The summed E-state index contributed by atoms with van der Waals surface area (Å²) in [6, 6.07) is 4.59. The average molecular weight is 266 g/mol. The number of aromatic nitrogens is 1. The highest BCUT2D eigenvalue weighted by molar-refractivity contribution is 5.75. The van der Waals surface area contributed by atoms with Crippen LogP contribution in [0.5, 0.6) is 5.75 Å². The predicted molar refractivity (Wildman–Crippen MR) is 68.4 cm³/mol. The second kappa shape index (κ2) is 5.71. The van der Waals surface area contributed by atoms with Crippen molar-refractivity contribution < 1.29 is 18.4 Å². The molecule has 0 fully saturated rings. The molecule has 1 aromatic carbocycles. The van der Waals surface area contributed by atoms with Gasteiger partial charge in [-0.1, -0.05) is 11.2 Å². The van der Waals surface area contributed by atoms with Crippen LogP contribution in [0.4, 0.5) is 10.3 Å². The Kier molecular flexibility index (Phi) is 4.01. The van der Waals surface area contributed by atoms with Crippen molar-refractivity contribution in [2.45, 2.75) is 6.42 Å². The molecule has 0 aliphatic heterocycles. The van der Waals surface area contributed by atoms with Crippen LogP contribution in [0.25, 0.3) is 11.1 Å². The number of nitrogens with two attached hydrogens (primary N) is 1. The Balaban J connectivity index is 2.40. The van der Waals surface area contributed by atoms with Crippen molar-refractivity contribution in [1.29, 1.82) is 0 Å². The summed E-state index contributed by atoms with van der Waals surface area (Å²) in [6.07, 6.45) is 0.542. The molecule has 0 saturated heterocycles. The molecular formula is C13H15FN2O3. The second-order valence-corrected chi connectivity index (χ2v) is 3.96. The Labute approximate surface area is 110 Å². The number of nitrogens with zero attached hydrogens (tertiary/aromatic N) is 1. The van der Waals surface area contributed by atoms with Crippen molar-refractivity contribution in [3.63, 3.8) is 0 Å². The Morgan fingerprint density at radius 1 is 1.37 bits per heavy atom. The van der Waals surface area contributed by atoms with Crippen molar-refractivity contribution in [2.24, 2.45) is 0 Å². The van der Waals surface area contributed by atoms with E-state index in [9.17, 15) is 4.39 Å². The first kappa shape index (κ1) is 13.4. The molecule has 0 bridgehead atoms. The fourth-order valence-corrected chi connectivity index (χ4v) is 1.84. The van der Waals surface area contributed by atoms with E-state index in [0.717, 1.165) is 0 Å². The quantitative estimate of drug-likeness (QED) is 0.898. The summed E-state index contributed by atoms with van der Waals surface area (Å²) in [5.41, 5.74) is 7.58. The maximum absolute atomic E-state index is 13.7. The third-order valence-electron chi connectivity index (χ3n) is 2.77. The Morgan fingerprint density at radius 2 is 2.16 bits per heavy atom. The van der Waals surface area contributed by atoms with Crippen LogP contribution in [0.3, 0.4) is 0 Å². The zero-order valence-corrected chi connectivity index (χ0v) is 10.8. The van der Waals surface area contributed by atoms with E-state index in [2.05, 4.69) is 5.16 Å². The van der Waals surface area contributed by atoms with Gasteiger partial charge in [-0.25, -0.2) is 4.39 Å². The van der Waals surface area contributed by atoms with Crippen LogP contribution >= 0.6 is 0 Å². The summed E-state index contributed by atoms with van der Waals surface area (Å²) >= 11 is 0. The van der Waals surface area contributed by atoms with Crippen molar-refractivity contribution in [3.05, 3.63) is 29.7 Å². The zero-order valence-electron chi connectivity index (χ0n) is 10.8. The number of benzene rings is 1. The van der Waals surface area contributed by atoms with Crippen LogP contribution in [-0.4, -0.2) is 26.0 Å². The molecule has 2 rings (SSSR count). The first-order valence-corrected chi connectivity index (χ1v) is 5.74. The highest BCUT2D eigenvalue weighted by Gasteiger charge is 2.17. The van der Waals surface area contributed by atoms with Crippen LogP contribution in [0.1, 0.15) is 5.69 Å². The van der Waals surface area contributed by atoms with E-state index in [-0.39, 0.29) is 11.6 Å². The molecule has 2 N–H and O–H groups in total. The minimum atomic E-state index is -0.460. The number of nitrogen functional groups attached to an aromatic ring is 1. The molecule has 0 amide bonds. The molecular weight excluding hydrogens is 251 g/mol. The molecule has 0 radical (unpaired) electrons. The lowest BCUT2D eigenvalue weighted by Gasteiger charge is -2.05.